The van der Waals surface area contributed by atoms with E-state index in [-0.39, 0.29) is 12.5 Å². The molecule has 1 aliphatic rings. The van der Waals surface area contributed by atoms with Crippen LogP contribution in [0.2, 0.25) is 0 Å². The van der Waals surface area contributed by atoms with Crippen LogP contribution in [0.1, 0.15) is 31.8 Å². The van der Waals surface area contributed by atoms with Gasteiger partial charge in [-0.25, -0.2) is 15.0 Å². The second kappa shape index (κ2) is 5.65. The van der Waals surface area contributed by atoms with Crippen molar-refractivity contribution in [3.63, 3.8) is 0 Å². The first kappa shape index (κ1) is 15.5. The first-order valence-electron chi connectivity index (χ1n) is 7.06. The lowest BCUT2D eigenvalue weighted by molar-refractivity contribution is -0.0440. The maximum atomic E-state index is 10.1. The number of ether oxygens (including phenoxy) is 1. The first-order chi connectivity index (χ1) is 10.5. The normalized spacial score (nSPS) is 28.8. The molecule has 0 spiro atoms. The Balaban J connectivity index is 2.17. The molecule has 2 aromatic rings. The number of nitrogens with two attached hydrogens (primary N) is 1. The molecule has 4 atom stereocenters. The molecule has 0 radical (unpaired) electrons. The molecule has 3 rings (SSSR count). The van der Waals surface area contributed by atoms with E-state index in [4.69, 9.17) is 10.5 Å². The molecule has 3 heterocycles. The highest BCUT2D eigenvalue weighted by Crippen LogP contribution is 2.37. The first-order valence-corrected chi connectivity index (χ1v) is 7.58. The Bertz CT molecular complexity index is 692. The van der Waals surface area contributed by atoms with Crippen molar-refractivity contribution in [2.75, 3.05) is 12.3 Å². The number of anilines is 1. The number of rotatable bonds is 3. The molecule has 1 saturated heterocycles. The van der Waals surface area contributed by atoms with E-state index >= 15 is 0 Å². The van der Waals surface area contributed by atoms with Gasteiger partial charge < -0.3 is 20.7 Å². The van der Waals surface area contributed by atoms with E-state index < -0.39 is 23.7 Å². The number of aliphatic hydroxyl groups excluding tert-OH is 2. The van der Waals surface area contributed by atoms with Crippen LogP contribution < -0.4 is 5.73 Å². The molecular formula is C13H19N5O3S. The number of fused-ring (bicyclic) bond motifs is 1. The molecule has 0 aromatic carbocycles. The van der Waals surface area contributed by atoms with Crippen LogP contribution in [0, 0.1) is 0 Å². The van der Waals surface area contributed by atoms with Crippen LogP contribution in [0.15, 0.2) is 6.33 Å². The SMILES string of the molecule is CC(C)c1nc2c(N)ncnc2n1[C@@H]1O[C@H](CO)[C@@H](O)[C@H]1S. The highest BCUT2D eigenvalue weighted by Gasteiger charge is 2.44. The van der Waals surface area contributed by atoms with Gasteiger partial charge in [0.1, 0.15) is 18.3 Å². The van der Waals surface area contributed by atoms with E-state index in [1.54, 1.807) is 4.57 Å². The van der Waals surface area contributed by atoms with Gasteiger partial charge in [0.25, 0.3) is 0 Å². The molecule has 9 heteroatoms. The van der Waals surface area contributed by atoms with Crippen LogP contribution >= 0.6 is 12.6 Å². The van der Waals surface area contributed by atoms with Gasteiger partial charge in [0.15, 0.2) is 23.2 Å². The molecule has 1 aliphatic heterocycles. The number of aliphatic hydroxyl groups is 2. The van der Waals surface area contributed by atoms with Gasteiger partial charge in [-0.05, 0) is 0 Å². The number of hydrogen-bond acceptors (Lipinski definition) is 8. The average molecular weight is 325 g/mol. The minimum atomic E-state index is -0.880. The van der Waals surface area contributed by atoms with Crippen LogP contribution in [0.5, 0.6) is 0 Å². The third kappa shape index (κ3) is 2.24. The highest BCUT2D eigenvalue weighted by molar-refractivity contribution is 7.81. The summed E-state index contributed by atoms with van der Waals surface area (Å²) in [7, 11) is 0. The summed E-state index contributed by atoms with van der Waals surface area (Å²) in [4.78, 5) is 12.7. The van der Waals surface area contributed by atoms with E-state index in [0.29, 0.717) is 17.0 Å². The second-order valence-corrected chi connectivity index (χ2v) is 6.25. The molecule has 0 unspecified atom stereocenters. The van der Waals surface area contributed by atoms with Crippen LogP contribution in [0.3, 0.4) is 0 Å². The van der Waals surface area contributed by atoms with Gasteiger partial charge in [-0.15, -0.1) is 0 Å². The van der Waals surface area contributed by atoms with Crippen molar-refractivity contribution in [3.05, 3.63) is 12.2 Å². The largest absolute Gasteiger partial charge is 0.394 e. The zero-order chi connectivity index (χ0) is 16.0. The number of imidazole rings is 1. The number of thiol groups is 1. The van der Waals surface area contributed by atoms with E-state index in [9.17, 15) is 10.2 Å². The average Bonchev–Trinajstić information content (AvgIpc) is 3.00. The minimum Gasteiger partial charge on any atom is -0.394 e. The second-order valence-electron chi connectivity index (χ2n) is 5.65. The lowest BCUT2D eigenvalue weighted by atomic mass is 10.1. The standard InChI is InChI=1S/C13H19N5O3S/c1-5(2)11-17-7-10(14)15-4-16-12(7)18(11)13-9(22)8(20)6(3-19)21-13/h4-6,8-9,13,19-20,22H,3H2,1-2H3,(H2,14,15,16)/t6-,8-,9-,13-/m1/s1. The Morgan fingerprint density at radius 2 is 2.18 bits per heavy atom. The number of nitrogens with zero attached hydrogens (tertiary/aromatic N) is 4. The van der Waals surface area contributed by atoms with Crippen LogP contribution in [0.4, 0.5) is 5.82 Å². The summed E-state index contributed by atoms with van der Waals surface area (Å²) in [5.41, 5.74) is 6.91. The molecule has 22 heavy (non-hydrogen) atoms. The third-order valence-corrected chi connectivity index (χ3v) is 4.38. The summed E-state index contributed by atoms with van der Waals surface area (Å²) in [6.45, 7) is 3.70. The van der Waals surface area contributed by atoms with E-state index in [1.807, 2.05) is 13.8 Å². The van der Waals surface area contributed by atoms with Crippen molar-refractivity contribution < 1.29 is 14.9 Å². The van der Waals surface area contributed by atoms with Crippen LogP contribution in [0.25, 0.3) is 11.2 Å². The van der Waals surface area contributed by atoms with Gasteiger partial charge in [0.2, 0.25) is 0 Å². The number of aromatic nitrogens is 4. The molecule has 2 aromatic heterocycles. The Morgan fingerprint density at radius 1 is 1.45 bits per heavy atom. The summed E-state index contributed by atoms with van der Waals surface area (Å²) in [6.07, 6.45) is -0.797. The molecule has 8 nitrogen and oxygen atoms in total. The fraction of sp³-hybridized carbons (Fsp3) is 0.615. The summed E-state index contributed by atoms with van der Waals surface area (Å²) >= 11 is 4.44. The van der Waals surface area contributed by atoms with E-state index in [1.165, 1.54) is 6.33 Å². The van der Waals surface area contributed by atoms with Crippen molar-refractivity contribution in [1.29, 1.82) is 0 Å². The smallest absolute Gasteiger partial charge is 0.167 e. The Hall–Kier alpha value is -1.42. The van der Waals surface area contributed by atoms with Crippen LogP contribution in [-0.2, 0) is 4.74 Å². The summed E-state index contributed by atoms with van der Waals surface area (Å²) in [5.74, 6) is 1.10. The molecule has 4 N–H and O–H groups in total. The van der Waals surface area contributed by atoms with Crippen molar-refractivity contribution in [2.45, 2.75) is 43.5 Å². The van der Waals surface area contributed by atoms with Crippen molar-refractivity contribution in [1.82, 2.24) is 19.5 Å². The maximum absolute atomic E-state index is 10.1. The predicted octanol–water partition coefficient (Wildman–Crippen LogP) is 0.0809. The van der Waals surface area contributed by atoms with Gasteiger partial charge >= 0.3 is 0 Å². The van der Waals surface area contributed by atoms with Gasteiger partial charge in [-0.1, -0.05) is 13.8 Å². The summed E-state index contributed by atoms with van der Waals surface area (Å²) in [5, 5.41) is 18.9. The molecule has 120 valence electrons. The molecule has 0 bridgehead atoms. The number of hydrogen-bond donors (Lipinski definition) is 4. The molecule has 1 fully saturated rings. The number of nitrogen functional groups attached to an aromatic ring is 1. The van der Waals surface area contributed by atoms with Crippen LogP contribution in [-0.4, -0.2) is 53.8 Å². The monoisotopic (exact) mass is 325 g/mol. The molecule has 0 amide bonds. The fourth-order valence-corrected chi connectivity index (χ4v) is 3.09. The zero-order valence-corrected chi connectivity index (χ0v) is 13.2. The highest BCUT2D eigenvalue weighted by atomic mass is 32.1. The zero-order valence-electron chi connectivity index (χ0n) is 12.3. The van der Waals surface area contributed by atoms with Gasteiger partial charge in [0.05, 0.1) is 18.0 Å². The molecular weight excluding hydrogens is 306 g/mol. The Kier molecular flexibility index (Phi) is 3.98. The minimum absolute atomic E-state index is 0.0862. The quantitative estimate of drug-likeness (QED) is 0.590. The van der Waals surface area contributed by atoms with Crippen molar-refractivity contribution in [3.8, 4) is 0 Å². The van der Waals surface area contributed by atoms with Gasteiger partial charge in [-0.3, -0.25) is 4.57 Å². The molecule has 0 aliphatic carbocycles. The van der Waals surface area contributed by atoms with E-state index in [2.05, 4.69) is 27.6 Å². The Labute approximate surface area is 132 Å². The summed E-state index contributed by atoms with van der Waals surface area (Å²) in [6, 6.07) is 0. The lowest BCUT2D eigenvalue weighted by Crippen LogP contribution is -2.30. The topological polar surface area (TPSA) is 119 Å². The van der Waals surface area contributed by atoms with Crippen molar-refractivity contribution >= 4 is 29.6 Å². The maximum Gasteiger partial charge on any atom is 0.167 e. The predicted molar refractivity (Wildman–Crippen MR) is 83.6 cm³/mol. The van der Waals surface area contributed by atoms with Gasteiger partial charge in [0, 0.05) is 5.92 Å². The lowest BCUT2D eigenvalue weighted by Gasteiger charge is -2.20. The van der Waals surface area contributed by atoms with E-state index in [0.717, 1.165) is 5.82 Å². The fourth-order valence-electron chi connectivity index (χ4n) is 2.69. The third-order valence-electron chi connectivity index (χ3n) is 3.82. The summed E-state index contributed by atoms with van der Waals surface area (Å²) < 4.78 is 7.55. The molecule has 0 saturated carbocycles. The van der Waals surface area contributed by atoms with Gasteiger partial charge in [-0.2, -0.15) is 12.6 Å². The Morgan fingerprint density at radius 3 is 2.77 bits per heavy atom. The van der Waals surface area contributed by atoms with Crippen molar-refractivity contribution in [2.24, 2.45) is 0 Å².